The number of hydrogen-bond acceptors (Lipinski definition) is 6. The van der Waals surface area contributed by atoms with Gasteiger partial charge >= 0.3 is 5.97 Å². The summed E-state index contributed by atoms with van der Waals surface area (Å²) in [6.45, 7) is 0. The van der Waals surface area contributed by atoms with Crippen LogP contribution in [-0.4, -0.2) is 45.0 Å². The molecule has 0 radical (unpaired) electrons. The van der Waals surface area contributed by atoms with Gasteiger partial charge in [-0.25, -0.2) is 4.79 Å². The summed E-state index contributed by atoms with van der Waals surface area (Å²) < 4.78 is 0. The Labute approximate surface area is 144 Å². The molecule has 0 bridgehead atoms. The van der Waals surface area contributed by atoms with Crippen molar-refractivity contribution in [2.75, 3.05) is 5.75 Å². The number of amides is 2. The van der Waals surface area contributed by atoms with Crippen LogP contribution in [0.15, 0.2) is 28.2 Å². The summed E-state index contributed by atoms with van der Waals surface area (Å²) in [4.78, 5) is 37.4. The van der Waals surface area contributed by atoms with Gasteiger partial charge in [0.2, 0.25) is 5.91 Å². The van der Waals surface area contributed by atoms with Crippen LogP contribution in [0, 0.1) is 0 Å². The second kappa shape index (κ2) is 6.16. The predicted molar refractivity (Wildman–Crippen MR) is 86.8 cm³/mol. The van der Waals surface area contributed by atoms with Crippen molar-refractivity contribution in [1.82, 2.24) is 10.2 Å². The van der Waals surface area contributed by atoms with Crippen molar-refractivity contribution in [3.8, 4) is 0 Å². The number of rotatable bonds is 4. The Bertz CT molecular complexity index is 706. The molecular formula is C13H12ClN3O4S2. The van der Waals surface area contributed by atoms with E-state index in [1.165, 1.54) is 23.1 Å². The number of hydrogen-bond donors (Lipinski definition) is 3. The number of nitrogens with zero attached hydrogens (tertiary/aromatic N) is 1. The van der Waals surface area contributed by atoms with Gasteiger partial charge in [0.1, 0.15) is 23.2 Å². The third-order valence-corrected chi connectivity index (χ3v) is 6.26. The summed E-state index contributed by atoms with van der Waals surface area (Å²) in [7, 11) is 0. The van der Waals surface area contributed by atoms with E-state index in [1.54, 1.807) is 12.1 Å². The first-order valence-electron chi connectivity index (χ1n) is 6.57. The van der Waals surface area contributed by atoms with Crippen LogP contribution >= 0.6 is 34.7 Å². The van der Waals surface area contributed by atoms with E-state index in [0.717, 1.165) is 4.90 Å². The van der Waals surface area contributed by atoms with Gasteiger partial charge in [-0.15, -0.1) is 23.1 Å². The highest BCUT2D eigenvalue weighted by molar-refractivity contribution is 8.00. The Morgan fingerprint density at radius 1 is 1.52 bits per heavy atom. The Hall–Kier alpha value is -1.55. The minimum atomic E-state index is -1.26. The van der Waals surface area contributed by atoms with Gasteiger partial charge in [-0.3, -0.25) is 14.5 Å². The fraction of sp³-hybridized carbons (Fsp3) is 0.308. The first-order valence-corrected chi connectivity index (χ1v) is 8.88. The molecule has 1 saturated heterocycles. The van der Waals surface area contributed by atoms with E-state index in [0.29, 0.717) is 4.88 Å². The zero-order valence-electron chi connectivity index (χ0n) is 11.6. The Morgan fingerprint density at radius 2 is 2.26 bits per heavy atom. The first-order chi connectivity index (χ1) is 10.9. The molecule has 3 atom stereocenters. The summed E-state index contributed by atoms with van der Waals surface area (Å²) in [5, 5.41) is 13.2. The van der Waals surface area contributed by atoms with E-state index in [2.05, 4.69) is 5.32 Å². The van der Waals surface area contributed by atoms with E-state index in [1.807, 2.05) is 5.38 Å². The van der Waals surface area contributed by atoms with Crippen molar-refractivity contribution in [3.63, 3.8) is 0 Å². The van der Waals surface area contributed by atoms with Crippen LogP contribution in [0.4, 0.5) is 0 Å². The zero-order valence-corrected chi connectivity index (χ0v) is 14.0. The lowest BCUT2D eigenvalue weighted by atomic mass is 10.0. The average Bonchev–Trinajstić information content (AvgIpc) is 3.05. The molecule has 2 amide bonds. The van der Waals surface area contributed by atoms with Crippen molar-refractivity contribution in [2.24, 2.45) is 5.73 Å². The van der Waals surface area contributed by atoms with Crippen LogP contribution in [0.1, 0.15) is 10.9 Å². The molecule has 0 spiro atoms. The number of halogens is 1. The number of thiophene rings is 1. The van der Waals surface area contributed by atoms with Gasteiger partial charge in [-0.05, 0) is 11.4 Å². The number of carbonyl (C=O) groups excluding carboxylic acids is 2. The summed E-state index contributed by atoms with van der Waals surface area (Å²) in [6, 6.07) is 1.87. The van der Waals surface area contributed by atoms with E-state index < -0.39 is 35.2 Å². The van der Waals surface area contributed by atoms with Gasteiger partial charge in [-0.1, -0.05) is 17.7 Å². The summed E-state index contributed by atoms with van der Waals surface area (Å²) in [5.41, 5.74) is 5.65. The Morgan fingerprint density at radius 3 is 2.87 bits per heavy atom. The Balaban J connectivity index is 1.72. The van der Waals surface area contributed by atoms with Gasteiger partial charge in [0.05, 0.1) is 5.03 Å². The molecule has 1 aromatic rings. The zero-order chi connectivity index (χ0) is 16.7. The molecule has 2 aliphatic rings. The maximum Gasteiger partial charge on any atom is 0.353 e. The van der Waals surface area contributed by atoms with Crippen LogP contribution in [0.5, 0.6) is 0 Å². The van der Waals surface area contributed by atoms with Crippen molar-refractivity contribution >= 4 is 52.5 Å². The molecule has 1 fully saturated rings. The number of nitrogens with one attached hydrogen (secondary N) is 1. The van der Waals surface area contributed by atoms with Crippen LogP contribution in [0.25, 0.3) is 0 Å². The molecule has 4 N–H and O–H groups in total. The smallest absolute Gasteiger partial charge is 0.353 e. The molecule has 23 heavy (non-hydrogen) atoms. The topological polar surface area (TPSA) is 113 Å². The largest absolute Gasteiger partial charge is 0.477 e. The molecule has 1 aromatic heterocycles. The van der Waals surface area contributed by atoms with Gasteiger partial charge in [0.15, 0.2) is 0 Å². The lowest BCUT2D eigenvalue weighted by Gasteiger charge is -2.48. The molecule has 0 aliphatic carbocycles. The van der Waals surface area contributed by atoms with Crippen LogP contribution in [-0.2, 0) is 14.4 Å². The summed E-state index contributed by atoms with van der Waals surface area (Å²) >= 11 is 8.54. The average molecular weight is 374 g/mol. The van der Waals surface area contributed by atoms with Crippen LogP contribution < -0.4 is 11.1 Å². The summed E-state index contributed by atoms with van der Waals surface area (Å²) in [6.07, 6.45) is 0. The molecule has 0 saturated carbocycles. The lowest BCUT2D eigenvalue weighted by molar-refractivity contribution is -0.150. The minimum absolute atomic E-state index is 0.118. The van der Waals surface area contributed by atoms with E-state index in [-0.39, 0.29) is 16.5 Å². The molecule has 0 aromatic carbocycles. The fourth-order valence-corrected chi connectivity index (χ4v) is 4.70. The van der Waals surface area contributed by atoms with Crippen molar-refractivity contribution < 1.29 is 19.5 Å². The highest BCUT2D eigenvalue weighted by Gasteiger charge is 2.54. The van der Waals surface area contributed by atoms with Crippen molar-refractivity contribution in [1.29, 1.82) is 0 Å². The number of carboxylic acid groups (broad SMARTS) is 1. The third-order valence-electron chi connectivity index (χ3n) is 3.55. The number of nitrogens with two attached hydrogens (primary N) is 1. The molecular weight excluding hydrogens is 362 g/mol. The van der Waals surface area contributed by atoms with Crippen LogP contribution in [0.3, 0.4) is 0 Å². The normalized spacial score (nSPS) is 24.8. The van der Waals surface area contributed by atoms with Gasteiger partial charge in [-0.2, -0.15) is 0 Å². The molecule has 7 nitrogen and oxygen atoms in total. The lowest BCUT2D eigenvalue weighted by Crippen LogP contribution is -2.70. The van der Waals surface area contributed by atoms with E-state index in [9.17, 15) is 19.5 Å². The number of thioether (sulfide) groups is 1. The number of carbonyl (C=O) groups is 3. The second-order valence-electron chi connectivity index (χ2n) is 4.95. The summed E-state index contributed by atoms with van der Waals surface area (Å²) in [5.74, 6) is -1.94. The second-order valence-corrected chi connectivity index (χ2v) is 7.49. The molecule has 122 valence electrons. The molecule has 2 aliphatic heterocycles. The van der Waals surface area contributed by atoms with Crippen molar-refractivity contribution in [3.05, 3.63) is 33.1 Å². The molecule has 2 unspecified atom stereocenters. The van der Waals surface area contributed by atoms with Gasteiger partial charge in [0.25, 0.3) is 5.91 Å². The SMILES string of the molecule is NC(C(=O)NC1C(=O)N2C(C(=O)O)=C(Cl)CS[C@@H]12)c1cccs1. The van der Waals surface area contributed by atoms with E-state index >= 15 is 0 Å². The van der Waals surface area contributed by atoms with Crippen molar-refractivity contribution in [2.45, 2.75) is 17.5 Å². The third kappa shape index (κ3) is 2.74. The maximum atomic E-state index is 12.2. The van der Waals surface area contributed by atoms with Crippen LogP contribution in [0.2, 0.25) is 0 Å². The van der Waals surface area contributed by atoms with E-state index in [4.69, 9.17) is 17.3 Å². The minimum Gasteiger partial charge on any atom is -0.477 e. The molecule has 3 rings (SSSR count). The standard InChI is InChI=1S/C13H12ClN3O4S2/c14-5-4-23-12-8(11(19)17(12)9(5)13(20)21)16-10(18)7(15)6-2-1-3-22-6/h1-3,7-8,12H,4,15H2,(H,16,18)(H,20,21)/t7?,8?,12-/m0/s1. The highest BCUT2D eigenvalue weighted by Crippen LogP contribution is 2.41. The maximum absolute atomic E-state index is 12.2. The highest BCUT2D eigenvalue weighted by atomic mass is 35.5. The Kier molecular flexibility index (Phi) is 4.37. The first kappa shape index (κ1) is 16.3. The quantitative estimate of drug-likeness (QED) is 0.669. The number of aliphatic carboxylic acids is 1. The number of β-lactam (4-membered cyclic amide) rings is 1. The number of carboxylic acids is 1. The predicted octanol–water partition coefficient (Wildman–Crippen LogP) is 0.683. The van der Waals surface area contributed by atoms with Gasteiger partial charge in [0, 0.05) is 10.6 Å². The number of fused-ring (bicyclic) bond motifs is 1. The fourth-order valence-electron chi connectivity index (χ4n) is 2.42. The molecule has 3 heterocycles. The monoisotopic (exact) mass is 373 g/mol. The van der Waals surface area contributed by atoms with Gasteiger partial charge < -0.3 is 16.2 Å². The molecule has 10 heteroatoms.